The van der Waals surface area contributed by atoms with Crippen LogP contribution >= 0.6 is 23.2 Å². The molecule has 0 fully saturated rings. The van der Waals surface area contributed by atoms with Crippen LogP contribution in [0, 0.1) is 0 Å². The molecule has 0 spiro atoms. The van der Waals surface area contributed by atoms with Gasteiger partial charge < -0.3 is 13.9 Å². The first-order valence-electron chi connectivity index (χ1n) is 6.46. The summed E-state index contributed by atoms with van der Waals surface area (Å²) in [4.78, 5) is 15.7. The van der Waals surface area contributed by atoms with Crippen molar-refractivity contribution in [3.05, 3.63) is 70.7 Å². The van der Waals surface area contributed by atoms with E-state index >= 15 is 0 Å². The van der Waals surface area contributed by atoms with Gasteiger partial charge in [0.25, 0.3) is 0 Å². The highest BCUT2D eigenvalue weighted by atomic mass is 35.5. The summed E-state index contributed by atoms with van der Waals surface area (Å²) in [7, 11) is 0. The lowest BCUT2D eigenvalue weighted by Gasteiger charge is -2.07. The lowest BCUT2D eigenvalue weighted by molar-refractivity contribution is 0.0701. The fourth-order valence-electron chi connectivity index (χ4n) is 1.72. The largest absolute Gasteiger partial charge is 0.457 e. The third-order valence-electron chi connectivity index (χ3n) is 2.75. The molecule has 2 heterocycles. The second kappa shape index (κ2) is 6.73. The quantitative estimate of drug-likeness (QED) is 0.490. The molecule has 0 N–H and O–H groups in total. The van der Waals surface area contributed by atoms with Crippen molar-refractivity contribution in [3.63, 3.8) is 0 Å². The molecule has 3 aromatic rings. The Hall–Kier alpha value is -2.50. The number of aromatic nitrogens is 1. The van der Waals surface area contributed by atoms with Gasteiger partial charge in [-0.25, -0.2) is 9.78 Å². The second-order valence-corrected chi connectivity index (χ2v) is 5.22. The molecule has 0 aliphatic carbocycles. The monoisotopic (exact) mass is 349 g/mol. The van der Waals surface area contributed by atoms with Gasteiger partial charge in [-0.2, -0.15) is 0 Å². The van der Waals surface area contributed by atoms with E-state index in [0.29, 0.717) is 21.5 Å². The van der Waals surface area contributed by atoms with Crippen LogP contribution in [-0.4, -0.2) is 11.0 Å². The molecule has 0 unspecified atom stereocenters. The van der Waals surface area contributed by atoms with Gasteiger partial charge in [0.1, 0.15) is 16.5 Å². The summed E-state index contributed by atoms with van der Waals surface area (Å²) in [5.74, 6) is 0.624. The number of halogens is 2. The molecule has 0 amide bonds. The van der Waals surface area contributed by atoms with E-state index in [1.807, 2.05) is 0 Å². The standard InChI is InChI=1S/C16H9Cl2NO4/c17-10-8-13(18)15(19-9-10)22-11-3-5-12(6-4-11)23-16(20)14-2-1-7-21-14/h1-9H. The van der Waals surface area contributed by atoms with Crippen LogP contribution in [0.2, 0.25) is 10.0 Å². The van der Waals surface area contributed by atoms with E-state index in [2.05, 4.69) is 4.98 Å². The van der Waals surface area contributed by atoms with Crippen molar-refractivity contribution in [1.29, 1.82) is 0 Å². The van der Waals surface area contributed by atoms with Gasteiger partial charge in [-0.15, -0.1) is 0 Å². The fourth-order valence-corrected chi connectivity index (χ4v) is 2.14. The Morgan fingerprint density at radius 1 is 1.09 bits per heavy atom. The molecule has 23 heavy (non-hydrogen) atoms. The highest BCUT2D eigenvalue weighted by Crippen LogP contribution is 2.29. The number of rotatable bonds is 4. The second-order valence-electron chi connectivity index (χ2n) is 4.38. The van der Waals surface area contributed by atoms with E-state index in [1.165, 1.54) is 24.6 Å². The molecule has 0 saturated heterocycles. The van der Waals surface area contributed by atoms with Crippen molar-refractivity contribution in [3.8, 4) is 17.4 Å². The van der Waals surface area contributed by atoms with Gasteiger partial charge in [0.2, 0.25) is 11.6 Å². The molecule has 1 aromatic carbocycles. The van der Waals surface area contributed by atoms with Crippen LogP contribution in [-0.2, 0) is 0 Å². The van der Waals surface area contributed by atoms with E-state index in [0.717, 1.165) is 0 Å². The van der Waals surface area contributed by atoms with E-state index in [1.54, 1.807) is 30.3 Å². The summed E-state index contributed by atoms with van der Waals surface area (Å²) in [6.07, 6.45) is 2.83. The van der Waals surface area contributed by atoms with Gasteiger partial charge >= 0.3 is 5.97 Å². The van der Waals surface area contributed by atoms with Crippen molar-refractivity contribution in [1.82, 2.24) is 4.98 Å². The fraction of sp³-hybridized carbons (Fsp3) is 0. The molecule has 0 aliphatic rings. The normalized spacial score (nSPS) is 10.3. The van der Waals surface area contributed by atoms with Crippen LogP contribution in [0.25, 0.3) is 0 Å². The first kappa shape index (κ1) is 15.4. The molecule has 0 atom stereocenters. The van der Waals surface area contributed by atoms with Crippen LogP contribution in [0.5, 0.6) is 17.4 Å². The predicted molar refractivity (Wildman–Crippen MR) is 84.4 cm³/mol. The van der Waals surface area contributed by atoms with Crippen LogP contribution < -0.4 is 9.47 Å². The molecular weight excluding hydrogens is 341 g/mol. The average molecular weight is 350 g/mol. The minimum Gasteiger partial charge on any atom is -0.457 e. The van der Waals surface area contributed by atoms with Crippen LogP contribution in [0.3, 0.4) is 0 Å². The predicted octanol–water partition coefficient (Wildman–Crippen LogP) is 4.99. The maximum Gasteiger partial charge on any atom is 0.379 e. The smallest absolute Gasteiger partial charge is 0.379 e. The van der Waals surface area contributed by atoms with Gasteiger partial charge in [0.15, 0.2) is 0 Å². The Labute approximate surface area is 141 Å². The molecule has 0 bridgehead atoms. The maximum atomic E-state index is 11.7. The first-order chi connectivity index (χ1) is 11.1. The Balaban J connectivity index is 1.68. The third-order valence-corrected chi connectivity index (χ3v) is 3.22. The van der Waals surface area contributed by atoms with Crippen molar-refractivity contribution in [2.45, 2.75) is 0 Å². The van der Waals surface area contributed by atoms with Crippen LogP contribution in [0.1, 0.15) is 10.6 Å². The van der Waals surface area contributed by atoms with Crippen molar-refractivity contribution >= 4 is 29.2 Å². The summed E-state index contributed by atoms with van der Waals surface area (Å²) < 4.78 is 15.7. The molecule has 0 aliphatic heterocycles. The molecule has 2 aromatic heterocycles. The Morgan fingerprint density at radius 2 is 1.83 bits per heavy atom. The highest BCUT2D eigenvalue weighted by Gasteiger charge is 2.11. The number of nitrogens with zero attached hydrogens (tertiary/aromatic N) is 1. The minimum absolute atomic E-state index is 0.127. The van der Waals surface area contributed by atoms with Crippen LogP contribution in [0.15, 0.2) is 59.3 Å². The van der Waals surface area contributed by atoms with Gasteiger partial charge in [0.05, 0.1) is 11.3 Å². The number of carbonyl (C=O) groups excluding carboxylic acids is 1. The zero-order chi connectivity index (χ0) is 16.2. The number of ether oxygens (including phenoxy) is 2. The summed E-state index contributed by atoms with van der Waals surface area (Å²) >= 11 is 11.8. The Morgan fingerprint density at radius 3 is 2.48 bits per heavy atom. The third kappa shape index (κ3) is 3.83. The lowest BCUT2D eigenvalue weighted by Crippen LogP contribution is -2.06. The van der Waals surface area contributed by atoms with Gasteiger partial charge in [-0.3, -0.25) is 0 Å². The first-order valence-corrected chi connectivity index (χ1v) is 7.22. The van der Waals surface area contributed by atoms with Crippen molar-refractivity contribution in [2.24, 2.45) is 0 Å². The molecule has 3 rings (SSSR count). The molecular formula is C16H9Cl2NO4. The molecule has 0 saturated carbocycles. The topological polar surface area (TPSA) is 61.6 Å². The molecule has 116 valence electrons. The number of carbonyl (C=O) groups is 1. The number of pyridine rings is 1. The minimum atomic E-state index is -0.578. The highest BCUT2D eigenvalue weighted by molar-refractivity contribution is 6.35. The van der Waals surface area contributed by atoms with E-state index in [-0.39, 0.29) is 11.6 Å². The molecule has 0 radical (unpaired) electrons. The van der Waals surface area contributed by atoms with Gasteiger partial charge in [-0.05, 0) is 42.5 Å². The summed E-state index contributed by atoms with van der Waals surface area (Å²) in [6.45, 7) is 0. The molecule has 7 heteroatoms. The summed E-state index contributed by atoms with van der Waals surface area (Å²) in [5.41, 5.74) is 0. The van der Waals surface area contributed by atoms with Gasteiger partial charge in [0, 0.05) is 6.20 Å². The Bertz CT molecular complexity index is 817. The maximum absolute atomic E-state index is 11.7. The zero-order valence-corrected chi connectivity index (χ0v) is 13.0. The number of furan rings is 1. The number of esters is 1. The SMILES string of the molecule is O=C(Oc1ccc(Oc2ncc(Cl)cc2Cl)cc1)c1ccco1. The van der Waals surface area contributed by atoms with Crippen molar-refractivity contribution in [2.75, 3.05) is 0 Å². The van der Waals surface area contributed by atoms with Crippen LogP contribution in [0.4, 0.5) is 0 Å². The summed E-state index contributed by atoms with van der Waals surface area (Å²) in [5, 5.41) is 0.716. The van der Waals surface area contributed by atoms with Gasteiger partial charge in [-0.1, -0.05) is 23.2 Å². The van der Waals surface area contributed by atoms with E-state index in [4.69, 9.17) is 37.1 Å². The van der Waals surface area contributed by atoms with E-state index < -0.39 is 5.97 Å². The Kier molecular flexibility index (Phi) is 4.50. The number of hydrogen-bond acceptors (Lipinski definition) is 5. The molecule has 5 nitrogen and oxygen atoms in total. The number of hydrogen-bond donors (Lipinski definition) is 0. The number of benzene rings is 1. The van der Waals surface area contributed by atoms with E-state index in [9.17, 15) is 4.79 Å². The van der Waals surface area contributed by atoms with Crippen molar-refractivity contribution < 1.29 is 18.7 Å². The lowest BCUT2D eigenvalue weighted by atomic mass is 10.3. The zero-order valence-electron chi connectivity index (χ0n) is 11.5. The average Bonchev–Trinajstić information content (AvgIpc) is 3.06. The summed E-state index contributed by atoms with van der Waals surface area (Å²) in [6, 6.07) is 11.1.